The van der Waals surface area contributed by atoms with Crippen LogP contribution in [0.5, 0.6) is 0 Å². The number of carbonyl (C=O) groups excluding carboxylic acids is 9. The largest absolute Gasteiger partial charge is 0.370 e. The summed E-state index contributed by atoms with van der Waals surface area (Å²) in [5.74, 6) is -6.33. The maximum absolute atomic E-state index is 14.7. The molecule has 0 aliphatic heterocycles. The van der Waals surface area contributed by atoms with E-state index in [1.165, 1.54) is 19.3 Å². The molecule has 0 saturated carbocycles. The van der Waals surface area contributed by atoms with Crippen LogP contribution in [-0.4, -0.2) is 136 Å². The summed E-state index contributed by atoms with van der Waals surface area (Å²) in [7, 11) is 0. The Bertz CT molecular complexity index is 2640. The number of pyridine rings is 1. The Balaban J connectivity index is 1.63. The number of hydrogen-bond donors (Lipinski definition) is 14. The van der Waals surface area contributed by atoms with Crippen molar-refractivity contribution >= 4 is 95.3 Å². The molecule has 23 nitrogen and oxygen atoms in total. The second-order valence-corrected chi connectivity index (χ2v) is 19.0. The minimum absolute atomic E-state index is 0.00219. The number of thiol groups is 2. The summed E-state index contributed by atoms with van der Waals surface area (Å²) < 4.78 is 0. The molecule has 0 aliphatic carbocycles. The number of rotatable bonds is 33. The van der Waals surface area contributed by atoms with Crippen LogP contribution in [0.25, 0.3) is 10.9 Å². The summed E-state index contributed by atoms with van der Waals surface area (Å²) in [6, 6.07) is 11.1. The number of carbonyl (C=O) groups is 9. The zero-order valence-electron chi connectivity index (χ0n) is 43.2. The van der Waals surface area contributed by atoms with E-state index >= 15 is 0 Å². The van der Waals surface area contributed by atoms with Crippen LogP contribution in [0.4, 0.5) is 0 Å². The molecule has 25 heteroatoms. The number of nitrogens with two attached hydrogens (primary N) is 3. The molecule has 2 aromatic carbocycles. The third-order valence-corrected chi connectivity index (χ3v) is 12.8. The van der Waals surface area contributed by atoms with E-state index in [0.29, 0.717) is 29.5 Å². The number of para-hydroxylation sites is 1. The molecule has 416 valence electrons. The summed E-state index contributed by atoms with van der Waals surface area (Å²) in [6.07, 6.45) is 6.54. The van der Waals surface area contributed by atoms with Crippen LogP contribution in [-0.2, 0) is 62.4 Å². The first kappa shape index (κ1) is 61.9. The number of aromatic amines is 1. The highest BCUT2D eigenvalue weighted by Gasteiger charge is 2.34. The Morgan fingerprint density at radius 1 is 0.597 bits per heavy atom. The van der Waals surface area contributed by atoms with Crippen LogP contribution < -0.4 is 59.7 Å². The minimum Gasteiger partial charge on any atom is -0.370 e. The van der Waals surface area contributed by atoms with Crippen molar-refractivity contribution in [2.24, 2.45) is 22.2 Å². The van der Waals surface area contributed by atoms with Gasteiger partial charge in [-0.25, -0.2) is 0 Å². The number of aliphatic imine (C=N–C) groups is 1. The number of guanidine groups is 1. The first-order valence-electron chi connectivity index (χ1n) is 25.3. The molecule has 0 bridgehead atoms. The predicted molar refractivity (Wildman–Crippen MR) is 298 cm³/mol. The molecule has 0 radical (unpaired) electrons. The van der Waals surface area contributed by atoms with Crippen molar-refractivity contribution in [1.82, 2.24) is 52.5 Å². The number of amides is 9. The Morgan fingerprint density at radius 2 is 1.14 bits per heavy atom. The molecule has 15 N–H and O–H groups in total. The average Bonchev–Trinajstić information content (AvgIpc) is 3.82. The molecular weight excluding hydrogens is 1030 g/mol. The predicted octanol–water partition coefficient (Wildman–Crippen LogP) is -0.511. The highest BCUT2D eigenvalue weighted by molar-refractivity contribution is 7.80. The molecule has 2 heterocycles. The van der Waals surface area contributed by atoms with Gasteiger partial charge in [0.25, 0.3) is 0 Å². The van der Waals surface area contributed by atoms with Gasteiger partial charge in [-0.1, -0.05) is 74.4 Å². The molecule has 4 rings (SSSR count). The number of unbranched alkanes of at least 4 members (excludes halogenated alkanes) is 1. The molecule has 0 unspecified atom stereocenters. The van der Waals surface area contributed by atoms with E-state index in [-0.39, 0.29) is 75.5 Å². The maximum Gasteiger partial charge on any atom is 0.244 e. The number of primary amides is 1. The van der Waals surface area contributed by atoms with E-state index in [9.17, 15) is 43.2 Å². The molecule has 9 amide bonds. The van der Waals surface area contributed by atoms with Crippen molar-refractivity contribution in [3.63, 3.8) is 0 Å². The van der Waals surface area contributed by atoms with E-state index in [1.807, 2.05) is 31.2 Å². The topological polar surface area (TPSA) is 369 Å². The van der Waals surface area contributed by atoms with Crippen molar-refractivity contribution in [3.05, 3.63) is 102 Å². The van der Waals surface area contributed by atoms with E-state index in [0.717, 1.165) is 17.3 Å². The third kappa shape index (κ3) is 21.5. The SMILES string of the molecule is CCCC[C@H](NC(C)=O)C(=O)N[C@@H](CS)C(=O)N[C@@H](Cc1cccnc1)C(=O)N[C@H](Cc1ccccc1)C(=O)N[C@@H](CCCN=C(N)N)C(=O)N[C@@H](Cc1c[nH]c2ccccc12)C(=O)NCCCC(=O)N[C@@H](CS)C(N)=O. The fourth-order valence-corrected chi connectivity index (χ4v) is 8.59. The molecule has 2 aromatic heterocycles. The standard InChI is InChI=1S/C52H72N14O9S2/c1-3-4-17-37(60-31(2)67)47(71)66-43(30-77)51(75)64-40(25-33-15-10-21-56-27-33)50(74)63-39(24-32-13-6-5-7-14-32)49(73)62-38(19-11-23-58-52(54)55)48(72)65-41(26-34-28-59-36-18-9-8-16-35(34)36)46(70)57-22-12-20-44(68)61-42(29-76)45(53)69/h5-10,13-16,18,21,27-28,37-43,59,76-77H,3-4,11-12,17,19-20,22-26,29-30H2,1-2H3,(H2,53,69)(H,57,70)(H,60,67)(H,61,68)(H,62,73)(H,63,74)(H,64,75)(H,65,72)(H,66,71)(H4,54,55,58)/t37-,38-,39+,40-,41-,42-,43-/m0/s1. The van der Waals surface area contributed by atoms with E-state index in [1.54, 1.807) is 48.7 Å². The normalized spacial score (nSPS) is 13.7. The van der Waals surface area contributed by atoms with Crippen molar-refractivity contribution in [1.29, 1.82) is 0 Å². The molecule has 7 atom stereocenters. The summed E-state index contributed by atoms with van der Waals surface area (Å²) in [5.41, 5.74) is 19.2. The van der Waals surface area contributed by atoms with Crippen molar-refractivity contribution in [3.8, 4) is 0 Å². The fourth-order valence-electron chi connectivity index (χ4n) is 8.06. The van der Waals surface area contributed by atoms with Gasteiger partial charge in [0.1, 0.15) is 42.3 Å². The number of hydrogen-bond acceptors (Lipinski definition) is 13. The molecular formula is C52H72N14O9S2. The number of aromatic nitrogens is 2. The first-order chi connectivity index (χ1) is 36.9. The third-order valence-electron chi connectivity index (χ3n) is 12.1. The van der Waals surface area contributed by atoms with Gasteiger partial charge >= 0.3 is 0 Å². The molecule has 4 aromatic rings. The maximum atomic E-state index is 14.7. The zero-order chi connectivity index (χ0) is 56.3. The lowest BCUT2D eigenvalue weighted by atomic mass is 10.0. The van der Waals surface area contributed by atoms with Crippen LogP contribution >= 0.6 is 25.3 Å². The highest BCUT2D eigenvalue weighted by atomic mass is 32.1. The molecule has 0 saturated heterocycles. The second kappa shape index (κ2) is 32.7. The van der Waals surface area contributed by atoms with Crippen LogP contribution in [0.15, 0.2) is 90.3 Å². The van der Waals surface area contributed by atoms with Gasteiger partial charge in [-0.15, -0.1) is 0 Å². The van der Waals surface area contributed by atoms with Crippen LogP contribution in [0.2, 0.25) is 0 Å². The lowest BCUT2D eigenvalue weighted by Crippen LogP contribution is -2.60. The first-order valence-corrected chi connectivity index (χ1v) is 26.6. The highest BCUT2D eigenvalue weighted by Crippen LogP contribution is 2.20. The number of fused-ring (bicyclic) bond motifs is 1. The Kier molecular flexibility index (Phi) is 26.3. The van der Waals surface area contributed by atoms with E-state index in [4.69, 9.17) is 17.2 Å². The zero-order valence-corrected chi connectivity index (χ0v) is 45.0. The quantitative estimate of drug-likeness (QED) is 0.0124. The average molecular weight is 1100 g/mol. The van der Waals surface area contributed by atoms with Crippen LogP contribution in [0.3, 0.4) is 0 Å². The van der Waals surface area contributed by atoms with Gasteiger partial charge in [-0.3, -0.25) is 53.1 Å². The lowest BCUT2D eigenvalue weighted by molar-refractivity contribution is -0.135. The molecule has 0 spiro atoms. The summed E-state index contributed by atoms with van der Waals surface area (Å²) >= 11 is 8.37. The van der Waals surface area contributed by atoms with Gasteiger partial charge in [-0.05, 0) is 54.5 Å². The number of nitrogens with one attached hydrogen (secondary N) is 9. The molecule has 0 aliphatic rings. The fraction of sp³-hybridized carbons (Fsp3) is 0.442. The Labute approximate surface area is 458 Å². The summed E-state index contributed by atoms with van der Waals surface area (Å²) in [5, 5.41) is 22.5. The van der Waals surface area contributed by atoms with Gasteiger partial charge in [0.05, 0.1) is 0 Å². The second-order valence-electron chi connectivity index (χ2n) is 18.3. The van der Waals surface area contributed by atoms with Gasteiger partial charge in [0.2, 0.25) is 53.2 Å². The number of nitrogens with zero attached hydrogens (tertiary/aromatic N) is 2. The number of H-pyrrole nitrogens is 1. The number of benzene rings is 2. The summed E-state index contributed by atoms with van der Waals surface area (Å²) in [4.78, 5) is 133. The Morgan fingerprint density at radius 3 is 1.74 bits per heavy atom. The van der Waals surface area contributed by atoms with E-state index < -0.39 is 95.5 Å². The Hall–Kier alpha value is -7.67. The van der Waals surface area contributed by atoms with Gasteiger partial charge in [0.15, 0.2) is 5.96 Å². The van der Waals surface area contributed by atoms with Crippen LogP contribution in [0.1, 0.15) is 75.5 Å². The monoisotopic (exact) mass is 1100 g/mol. The lowest BCUT2D eigenvalue weighted by Gasteiger charge is -2.27. The molecule has 77 heavy (non-hydrogen) atoms. The summed E-state index contributed by atoms with van der Waals surface area (Å²) in [6.45, 7) is 3.30. The minimum atomic E-state index is -1.36. The van der Waals surface area contributed by atoms with Crippen molar-refractivity contribution in [2.45, 2.75) is 120 Å². The van der Waals surface area contributed by atoms with Gasteiger partial charge in [-0.2, -0.15) is 25.3 Å². The smallest absolute Gasteiger partial charge is 0.244 e. The van der Waals surface area contributed by atoms with Crippen molar-refractivity contribution < 1.29 is 43.2 Å². The van der Waals surface area contributed by atoms with Gasteiger partial charge in [0, 0.05) is 86.7 Å². The van der Waals surface area contributed by atoms with Crippen LogP contribution in [0, 0.1) is 0 Å². The van der Waals surface area contributed by atoms with Crippen molar-refractivity contribution in [2.75, 3.05) is 24.6 Å². The molecule has 0 fully saturated rings. The van der Waals surface area contributed by atoms with E-state index in [2.05, 4.69) is 82.8 Å². The van der Waals surface area contributed by atoms with Gasteiger partial charge < -0.3 is 64.7 Å².